The first kappa shape index (κ1) is 20.0. The van der Waals surface area contributed by atoms with Gasteiger partial charge in [-0.1, -0.05) is 6.92 Å². The fourth-order valence-electron chi connectivity index (χ4n) is 1.08. The van der Waals surface area contributed by atoms with Gasteiger partial charge in [0.2, 0.25) is 5.91 Å². The molecule has 0 bridgehead atoms. The third-order valence-electron chi connectivity index (χ3n) is 1.94. The summed E-state index contributed by atoms with van der Waals surface area (Å²) in [6, 6.07) is -0.874. The van der Waals surface area contributed by atoms with Crippen molar-refractivity contribution in [3.8, 4) is 0 Å². The molecular formula is C11H22N4O5. The quantitative estimate of drug-likeness (QED) is 0.205. The molecule has 20 heavy (non-hydrogen) atoms. The van der Waals surface area contributed by atoms with E-state index in [1.165, 1.54) is 0 Å². The van der Waals surface area contributed by atoms with Gasteiger partial charge in [0.1, 0.15) is 6.04 Å². The molecule has 1 amide bonds. The Kier molecular flexibility index (Phi) is 11.8. The highest BCUT2D eigenvalue weighted by Crippen LogP contribution is 1.97. The molecule has 0 saturated heterocycles. The molecule has 0 aromatic heterocycles. The number of aliphatic carboxylic acids is 2. The number of nitrogens with two attached hydrogens (primary N) is 1. The minimum Gasteiger partial charge on any atom is -0.481 e. The van der Waals surface area contributed by atoms with Gasteiger partial charge in [0.15, 0.2) is 5.96 Å². The maximum Gasteiger partial charge on any atom is 0.326 e. The summed E-state index contributed by atoms with van der Waals surface area (Å²) in [6.45, 7) is 3.16. The minimum absolute atomic E-state index is 0.149. The predicted molar refractivity (Wildman–Crippen MR) is 72.3 cm³/mol. The Morgan fingerprint density at radius 2 is 1.80 bits per heavy atom. The fourth-order valence-corrected chi connectivity index (χ4v) is 1.08. The molecule has 0 fully saturated rings. The van der Waals surface area contributed by atoms with Gasteiger partial charge in [-0.05, 0) is 12.8 Å². The molecule has 0 aromatic carbocycles. The summed E-state index contributed by atoms with van der Waals surface area (Å²) in [7, 11) is 0. The van der Waals surface area contributed by atoms with Crippen LogP contribution >= 0.6 is 0 Å². The van der Waals surface area contributed by atoms with Crippen molar-refractivity contribution >= 4 is 23.8 Å². The van der Waals surface area contributed by atoms with Crippen molar-refractivity contribution in [3.05, 3.63) is 0 Å². The Hall–Kier alpha value is -2.32. The highest BCUT2D eigenvalue weighted by molar-refractivity contribution is 5.83. The van der Waals surface area contributed by atoms with Gasteiger partial charge < -0.3 is 26.6 Å². The monoisotopic (exact) mass is 290 g/mol. The normalized spacial score (nSPS) is 10.5. The maximum absolute atomic E-state index is 11.0. The standard InChI is InChI=1S/C9H18N4O3.C2H4O2/c1-2-7(14)13-6(8(15)16)4-3-5-12-9(10)11;1-2(3)4/h6H,2-5H2,1H3,(H,13,14)(H,15,16)(H4,10,11,12);1H3,(H,3,4)/t6-;/m0./s1. The van der Waals surface area contributed by atoms with Gasteiger partial charge in [-0.2, -0.15) is 0 Å². The third kappa shape index (κ3) is 15.7. The number of rotatable bonds is 7. The Bertz CT molecular complexity index is 342. The second kappa shape index (κ2) is 11.8. The van der Waals surface area contributed by atoms with E-state index in [-0.39, 0.29) is 18.3 Å². The Balaban J connectivity index is 0. The average molecular weight is 290 g/mol. The van der Waals surface area contributed by atoms with Crippen LogP contribution in [0, 0.1) is 5.41 Å². The molecule has 9 nitrogen and oxygen atoms in total. The molecule has 0 aromatic rings. The smallest absolute Gasteiger partial charge is 0.326 e. The van der Waals surface area contributed by atoms with Crippen molar-refractivity contribution in [3.63, 3.8) is 0 Å². The molecule has 0 aliphatic carbocycles. The lowest BCUT2D eigenvalue weighted by molar-refractivity contribution is -0.142. The first-order valence-corrected chi connectivity index (χ1v) is 6.00. The average Bonchev–Trinajstić information content (AvgIpc) is 2.31. The number of amides is 1. The van der Waals surface area contributed by atoms with Gasteiger partial charge >= 0.3 is 5.97 Å². The minimum atomic E-state index is -1.05. The third-order valence-corrected chi connectivity index (χ3v) is 1.94. The first-order chi connectivity index (χ1) is 9.20. The summed E-state index contributed by atoms with van der Waals surface area (Å²) in [4.78, 5) is 30.8. The maximum atomic E-state index is 11.0. The Morgan fingerprint density at radius 1 is 1.30 bits per heavy atom. The molecule has 0 heterocycles. The first-order valence-electron chi connectivity index (χ1n) is 6.00. The Morgan fingerprint density at radius 3 is 2.15 bits per heavy atom. The van der Waals surface area contributed by atoms with Crippen LogP contribution in [-0.2, 0) is 14.4 Å². The molecular weight excluding hydrogens is 268 g/mol. The number of carbonyl (C=O) groups is 3. The van der Waals surface area contributed by atoms with Gasteiger partial charge in [0.05, 0.1) is 0 Å². The van der Waals surface area contributed by atoms with Crippen LogP contribution < -0.4 is 16.4 Å². The molecule has 0 spiro atoms. The lowest BCUT2D eigenvalue weighted by atomic mass is 10.1. The molecule has 0 unspecified atom stereocenters. The van der Waals surface area contributed by atoms with E-state index < -0.39 is 18.0 Å². The molecule has 1 atom stereocenters. The molecule has 0 aliphatic heterocycles. The van der Waals surface area contributed by atoms with E-state index in [1.807, 2.05) is 0 Å². The van der Waals surface area contributed by atoms with Crippen LogP contribution in [0.4, 0.5) is 0 Å². The molecule has 0 aliphatic rings. The van der Waals surface area contributed by atoms with Crippen molar-refractivity contribution in [1.82, 2.24) is 10.6 Å². The molecule has 0 radical (unpaired) electrons. The van der Waals surface area contributed by atoms with E-state index >= 15 is 0 Å². The molecule has 9 heteroatoms. The van der Waals surface area contributed by atoms with Gasteiger partial charge in [-0.3, -0.25) is 15.0 Å². The number of nitrogens with one attached hydrogen (secondary N) is 3. The SMILES string of the molecule is CC(=O)O.CCC(=O)N[C@@H](CCCNC(=N)N)C(=O)O. The van der Waals surface area contributed by atoms with E-state index in [4.69, 9.17) is 26.2 Å². The van der Waals surface area contributed by atoms with Gasteiger partial charge in [-0.25, -0.2) is 4.79 Å². The number of carboxylic acid groups (broad SMARTS) is 2. The summed E-state index contributed by atoms with van der Waals surface area (Å²) < 4.78 is 0. The summed E-state index contributed by atoms with van der Waals surface area (Å²) in [5, 5.41) is 28.1. The van der Waals surface area contributed by atoms with Crippen LogP contribution in [-0.4, -0.2) is 46.6 Å². The van der Waals surface area contributed by atoms with Crippen LogP contribution in [0.1, 0.15) is 33.1 Å². The highest BCUT2D eigenvalue weighted by Gasteiger charge is 2.18. The highest BCUT2D eigenvalue weighted by atomic mass is 16.4. The van der Waals surface area contributed by atoms with Gasteiger partial charge in [0, 0.05) is 19.9 Å². The van der Waals surface area contributed by atoms with Crippen molar-refractivity contribution in [2.45, 2.75) is 39.2 Å². The van der Waals surface area contributed by atoms with Crippen molar-refractivity contribution in [2.75, 3.05) is 6.54 Å². The summed E-state index contributed by atoms with van der Waals surface area (Å²) in [5.74, 6) is -2.32. The van der Waals surface area contributed by atoms with Crippen LogP contribution in [0.15, 0.2) is 0 Å². The largest absolute Gasteiger partial charge is 0.481 e. The fraction of sp³-hybridized carbons (Fsp3) is 0.636. The van der Waals surface area contributed by atoms with E-state index in [2.05, 4.69) is 10.6 Å². The zero-order valence-corrected chi connectivity index (χ0v) is 11.6. The number of hydrogen-bond acceptors (Lipinski definition) is 4. The predicted octanol–water partition coefficient (Wildman–Crippen LogP) is -0.680. The van der Waals surface area contributed by atoms with Gasteiger partial charge in [0.25, 0.3) is 5.97 Å². The van der Waals surface area contributed by atoms with Crippen LogP contribution in [0.5, 0.6) is 0 Å². The number of guanidine groups is 1. The van der Waals surface area contributed by atoms with Crippen molar-refractivity contribution < 1.29 is 24.6 Å². The molecule has 7 N–H and O–H groups in total. The van der Waals surface area contributed by atoms with E-state index in [1.54, 1.807) is 6.92 Å². The van der Waals surface area contributed by atoms with Crippen LogP contribution in [0.3, 0.4) is 0 Å². The number of carboxylic acids is 2. The van der Waals surface area contributed by atoms with E-state index in [0.29, 0.717) is 19.4 Å². The van der Waals surface area contributed by atoms with Crippen LogP contribution in [0.25, 0.3) is 0 Å². The lowest BCUT2D eigenvalue weighted by Gasteiger charge is -2.13. The zero-order valence-electron chi connectivity index (χ0n) is 11.6. The molecule has 116 valence electrons. The summed E-state index contributed by atoms with van der Waals surface area (Å²) >= 11 is 0. The zero-order chi connectivity index (χ0) is 16.1. The topological polar surface area (TPSA) is 166 Å². The summed E-state index contributed by atoms with van der Waals surface area (Å²) in [5.41, 5.74) is 5.06. The van der Waals surface area contributed by atoms with Gasteiger partial charge in [-0.15, -0.1) is 0 Å². The lowest BCUT2D eigenvalue weighted by Crippen LogP contribution is -2.41. The summed E-state index contributed by atoms with van der Waals surface area (Å²) in [6.07, 6.45) is 1.08. The number of hydrogen-bond donors (Lipinski definition) is 6. The molecule has 0 saturated carbocycles. The Labute approximate surface area is 117 Å². The van der Waals surface area contributed by atoms with E-state index in [9.17, 15) is 9.59 Å². The van der Waals surface area contributed by atoms with Crippen molar-refractivity contribution in [1.29, 1.82) is 5.41 Å². The second-order valence-corrected chi connectivity index (χ2v) is 3.81. The van der Waals surface area contributed by atoms with E-state index in [0.717, 1.165) is 6.92 Å². The molecule has 0 rings (SSSR count). The van der Waals surface area contributed by atoms with Crippen molar-refractivity contribution in [2.24, 2.45) is 5.73 Å². The van der Waals surface area contributed by atoms with Crippen LogP contribution in [0.2, 0.25) is 0 Å². The number of carbonyl (C=O) groups excluding carboxylic acids is 1. The second-order valence-electron chi connectivity index (χ2n) is 3.81.